The summed E-state index contributed by atoms with van der Waals surface area (Å²) in [5.41, 5.74) is 1.95. The zero-order valence-electron chi connectivity index (χ0n) is 10.4. The normalized spacial score (nSPS) is 16.4. The van der Waals surface area contributed by atoms with E-state index >= 15 is 0 Å². The SMILES string of the molecule is O=C(NOC(=O)C1CCCCCC1)Oc1cn[nH]n1. The number of H-pyrrole nitrogens is 1. The van der Waals surface area contributed by atoms with Crippen molar-refractivity contribution in [1.29, 1.82) is 0 Å². The van der Waals surface area contributed by atoms with Gasteiger partial charge >= 0.3 is 12.1 Å². The predicted octanol–water partition coefficient (Wildman–Crippen LogP) is 1.32. The van der Waals surface area contributed by atoms with Gasteiger partial charge in [0.25, 0.3) is 5.88 Å². The number of ether oxygens (including phenoxy) is 1. The fourth-order valence-electron chi connectivity index (χ4n) is 2.05. The lowest BCUT2D eigenvalue weighted by atomic mass is 10.0. The molecular formula is C11H16N4O4. The topological polar surface area (TPSA) is 106 Å². The fourth-order valence-corrected chi connectivity index (χ4v) is 2.05. The van der Waals surface area contributed by atoms with E-state index in [0.717, 1.165) is 38.5 Å². The second-order valence-corrected chi connectivity index (χ2v) is 4.41. The first-order chi connectivity index (χ1) is 9.25. The van der Waals surface area contributed by atoms with Crippen molar-refractivity contribution in [2.24, 2.45) is 5.92 Å². The van der Waals surface area contributed by atoms with Gasteiger partial charge in [-0.05, 0) is 12.8 Å². The summed E-state index contributed by atoms with van der Waals surface area (Å²) in [7, 11) is 0. The number of aromatic amines is 1. The molecule has 0 atom stereocenters. The van der Waals surface area contributed by atoms with Crippen LogP contribution in [0, 0.1) is 5.92 Å². The Hall–Kier alpha value is -2.12. The highest BCUT2D eigenvalue weighted by molar-refractivity contribution is 5.75. The zero-order chi connectivity index (χ0) is 13.5. The maximum absolute atomic E-state index is 11.7. The van der Waals surface area contributed by atoms with Crippen molar-refractivity contribution in [2.45, 2.75) is 38.5 Å². The van der Waals surface area contributed by atoms with Crippen LogP contribution in [0.5, 0.6) is 5.88 Å². The van der Waals surface area contributed by atoms with E-state index in [4.69, 9.17) is 4.84 Å². The maximum Gasteiger partial charge on any atom is 0.447 e. The first-order valence-electron chi connectivity index (χ1n) is 6.30. The quantitative estimate of drug-likeness (QED) is 0.619. The Kier molecular flexibility index (Phi) is 4.71. The van der Waals surface area contributed by atoms with Crippen LogP contribution in [0.25, 0.3) is 0 Å². The van der Waals surface area contributed by atoms with E-state index in [9.17, 15) is 9.59 Å². The fraction of sp³-hybridized carbons (Fsp3) is 0.636. The van der Waals surface area contributed by atoms with E-state index in [1.54, 1.807) is 0 Å². The van der Waals surface area contributed by atoms with Crippen LogP contribution in [-0.2, 0) is 9.63 Å². The molecule has 1 aromatic rings. The molecule has 1 aliphatic rings. The predicted molar refractivity (Wildman–Crippen MR) is 62.8 cm³/mol. The Balaban J connectivity index is 1.71. The third-order valence-electron chi connectivity index (χ3n) is 3.01. The number of carbonyl (C=O) groups is 2. The Bertz CT molecular complexity index is 412. The van der Waals surface area contributed by atoms with Crippen LogP contribution >= 0.6 is 0 Å². The summed E-state index contributed by atoms with van der Waals surface area (Å²) in [4.78, 5) is 27.7. The highest BCUT2D eigenvalue weighted by atomic mass is 16.7. The van der Waals surface area contributed by atoms with E-state index in [1.807, 2.05) is 5.48 Å². The molecule has 1 aromatic heterocycles. The van der Waals surface area contributed by atoms with E-state index in [1.165, 1.54) is 6.20 Å². The van der Waals surface area contributed by atoms with Crippen LogP contribution in [0.2, 0.25) is 0 Å². The second kappa shape index (κ2) is 6.72. The molecule has 1 saturated carbocycles. The molecule has 1 aliphatic carbocycles. The number of carbonyl (C=O) groups excluding carboxylic acids is 2. The third-order valence-corrected chi connectivity index (χ3v) is 3.01. The molecule has 0 unspecified atom stereocenters. The van der Waals surface area contributed by atoms with Crippen LogP contribution in [0.4, 0.5) is 4.79 Å². The summed E-state index contributed by atoms with van der Waals surface area (Å²) < 4.78 is 4.68. The second-order valence-electron chi connectivity index (χ2n) is 4.41. The Morgan fingerprint density at radius 1 is 1.26 bits per heavy atom. The molecule has 8 nitrogen and oxygen atoms in total. The molecule has 8 heteroatoms. The summed E-state index contributed by atoms with van der Waals surface area (Å²) in [5, 5.41) is 9.28. The lowest BCUT2D eigenvalue weighted by Crippen LogP contribution is -2.32. The van der Waals surface area contributed by atoms with Gasteiger partial charge in [-0.1, -0.05) is 25.7 Å². The van der Waals surface area contributed by atoms with Crippen LogP contribution in [0.1, 0.15) is 38.5 Å². The van der Waals surface area contributed by atoms with Gasteiger partial charge in [-0.15, -0.1) is 10.6 Å². The molecule has 0 radical (unpaired) electrons. The molecule has 104 valence electrons. The van der Waals surface area contributed by atoms with Crippen molar-refractivity contribution < 1.29 is 19.2 Å². The third kappa shape index (κ3) is 4.23. The maximum atomic E-state index is 11.7. The van der Waals surface area contributed by atoms with Crippen molar-refractivity contribution in [2.75, 3.05) is 0 Å². The van der Waals surface area contributed by atoms with Gasteiger partial charge in [0.15, 0.2) is 0 Å². The number of nitrogens with one attached hydrogen (secondary N) is 2. The summed E-state index contributed by atoms with van der Waals surface area (Å²) in [6, 6.07) is 0. The minimum absolute atomic E-state index is 0.00279. The van der Waals surface area contributed by atoms with Gasteiger partial charge in [0.05, 0.1) is 5.92 Å². The van der Waals surface area contributed by atoms with Gasteiger partial charge in [0.1, 0.15) is 6.20 Å². The van der Waals surface area contributed by atoms with Gasteiger partial charge in [-0.25, -0.2) is 9.59 Å². The van der Waals surface area contributed by atoms with Crippen molar-refractivity contribution in [1.82, 2.24) is 20.9 Å². The van der Waals surface area contributed by atoms with E-state index < -0.39 is 12.1 Å². The highest BCUT2D eigenvalue weighted by Gasteiger charge is 2.22. The summed E-state index contributed by atoms with van der Waals surface area (Å²) in [5.74, 6) is -0.558. The summed E-state index contributed by atoms with van der Waals surface area (Å²) >= 11 is 0. The van der Waals surface area contributed by atoms with Crippen LogP contribution in [-0.4, -0.2) is 27.5 Å². The first-order valence-corrected chi connectivity index (χ1v) is 6.30. The average Bonchev–Trinajstić information content (AvgIpc) is 2.76. The molecule has 2 rings (SSSR count). The van der Waals surface area contributed by atoms with Gasteiger partial charge < -0.3 is 9.57 Å². The van der Waals surface area contributed by atoms with Gasteiger partial charge in [0, 0.05) is 0 Å². The molecule has 0 bridgehead atoms. The smallest absolute Gasteiger partial charge is 0.386 e. The molecule has 0 aromatic carbocycles. The Morgan fingerprint density at radius 3 is 2.63 bits per heavy atom. The minimum Gasteiger partial charge on any atom is -0.386 e. The Labute approximate surface area is 109 Å². The number of hydrogen-bond acceptors (Lipinski definition) is 6. The number of hydrogen-bond donors (Lipinski definition) is 2. The number of hydroxylamine groups is 1. The molecule has 0 saturated heterocycles. The minimum atomic E-state index is -0.907. The van der Waals surface area contributed by atoms with Gasteiger partial charge in [0.2, 0.25) is 0 Å². The average molecular weight is 268 g/mol. The lowest BCUT2D eigenvalue weighted by Gasteiger charge is -2.12. The number of rotatable bonds is 2. The monoisotopic (exact) mass is 268 g/mol. The van der Waals surface area contributed by atoms with E-state index in [2.05, 4.69) is 20.1 Å². The number of amides is 1. The standard InChI is InChI=1S/C11H16N4O4/c16-10(8-5-3-1-2-4-6-8)19-14-11(17)18-9-7-12-15-13-9/h7-8H,1-6H2,(H,14,17)(H,12,13,15). The lowest BCUT2D eigenvalue weighted by molar-refractivity contribution is -0.154. The van der Waals surface area contributed by atoms with Crippen LogP contribution in [0.3, 0.4) is 0 Å². The Morgan fingerprint density at radius 2 is 2.00 bits per heavy atom. The van der Waals surface area contributed by atoms with Crippen LogP contribution < -0.4 is 10.2 Å². The highest BCUT2D eigenvalue weighted by Crippen LogP contribution is 2.23. The summed E-state index contributed by atoms with van der Waals surface area (Å²) in [6.45, 7) is 0. The van der Waals surface area contributed by atoms with E-state index in [-0.39, 0.29) is 11.8 Å². The van der Waals surface area contributed by atoms with Crippen molar-refractivity contribution in [3.05, 3.63) is 6.20 Å². The molecule has 0 aliphatic heterocycles. The molecule has 1 heterocycles. The molecule has 19 heavy (non-hydrogen) atoms. The molecular weight excluding hydrogens is 252 g/mol. The van der Waals surface area contributed by atoms with Crippen LogP contribution in [0.15, 0.2) is 6.20 Å². The van der Waals surface area contributed by atoms with Crippen molar-refractivity contribution in [3.8, 4) is 5.88 Å². The molecule has 0 spiro atoms. The largest absolute Gasteiger partial charge is 0.447 e. The van der Waals surface area contributed by atoms with Crippen molar-refractivity contribution in [3.63, 3.8) is 0 Å². The number of aromatic nitrogens is 3. The number of nitrogens with zero attached hydrogens (tertiary/aromatic N) is 2. The molecule has 1 amide bonds. The van der Waals surface area contributed by atoms with Crippen molar-refractivity contribution >= 4 is 12.1 Å². The first kappa shape index (κ1) is 13.3. The van der Waals surface area contributed by atoms with Gasteiger partial charge in [-0.2, -0.15) is 10.3 Å². The molecule has 1 fully saturated rings. The van der Waals surface area contributed by atoms with Gasteiger partial charge in [-0.3, -0.25) is 0 Å². The van der Waals surface area contributed by atoms with E-state index in [0.29, 0.717) is 0 Å². The zero-order valence-corrected chi connectivity index (χ0v) is 10.4. The molecule has 2 N–H and O–H groups in total. The summed E-state index contributed by atoms with van der Waals surface area (Å²) in [6.07, 6.45) is 6.25.